The molecule has 0 aliphatic carbocycles. The van der Waals surface area contributed by atoms with Gasteiger partial charge >= 0.3 is 0 Å². The Hall–Kier alpha value is -2.34. The lowest BCUT2D eigenvalue weighted by Gasteiger charge is -2.32. The minimum atomic E-state index is -0.561. The van der Waals surface area contributed by atoms with Crippen LogP contribution in [0.15, 0.2) is 42.7 Å². The zero-order chi connectivity index (χ0) is 16.9. The Morgan fingerprint density at radius 1 is 1.17 bits per heavy atom. The Bertz CT molecular complexity index is 701. The van der Waals surface area contributed by atoms with Crippen molar-refractivity contribution >= 4 is 5.91 Å². The van der Waals surface area contributed by atoms with Crippen LogP contribution in [0.5, 0.6) is 0 Å². The molecule has 0 saturated carbocycles. The molecule has 4 nitrogen and oxygen atoms in total. The van der Waals surface area contributed by atoms with Crippen molar-refractivity contribution in [1.82, 2.24) is 15.2 Å². The molecule has 24 heavy (non-hydrogen) atoms. The first-order valence-corrected chi connectivity index (χ1v) is 7.99. The number of pyridine rings is 1. The van der Waals surface area contributed by atoms with E-state index in [-0.39, 0.29) is 11.9 Å². The number of hydrogen-bond donors (Lipinski definition) is 1. The van der Waals surface area contributed by atoms with Crippen LogP contribution in [0.2, 0.25) is 0 Å². The van der Waals surface area contributed by atoms with Gasteiger partial charge in [0.2, 0.25) is 0 Å². The lowest BCUT2D eigenvalue weighted by Crippen LogP contribution is -2.44. The van der Waals surface area contributed by atoms with E-state index in [0.29, 0.717) is 17.7 Å². The first-order valence-electron chi connectivity index (χ1n) is 7.99. The molecule has 1 fully saturated rings. The third-order valence-electron chi connectivity index (χ3n) is 4.27. The van der Waals surface area contributed by atoms with Gasteiger partial charge in [-0.05, 0) is 31.0 Å². The normalized spacial score (nSPS) is 16.1. The van der Waals surface area contributed by atoms with E-state index in [0.717, 1.165) is 32.0 Å². The summed E-state index contributed by atoms with van der Waals surface area (Å²) in [6.07, 6.45) is 4.79. The second-order valence-corrected chi connectivity index (χ2v) is 6.00. The predicted octanol–water partition coefficient (Wildman–Crippen LogP) is 2.75. The van der Waals surface area contributed by atoms with Gasteiger partial charge in [0.25, 0.3) is 5.91 Å². The Balaban J connectivity index is 1.50. The molecule has 1 aliphatic rings. The van der Waals surface area contributed by atoms with Gasteiger partial charge in [0.05, 0.1) is 0 Å². The number of halogens is 2. The van der Waals surface area contributed by atoms with Crippen LogP contribution in [-0.2, 0) is 6.54 Å². The number of aromatic nitrogens is 1. The average Bonchev–Trinajstić information content (AvgIpc) is 2.60. The molecule has 1 aromatic heterocycles. The van der Waals surface area contributed by atoms with Crippen LogP contribution >= 0.6 is 0 Å². The molecular weight excluding hydrogens is 312 g/mol. The van der Waals surface area contributed by atoms with Crippen molar-refractivity contribution in [3.05, 3.63) is 65.5 Å². The van der Waals surface area contributed by atoms with Crippen LogP contribution in [0, 0.1) is 11.6 Å². The zero-order valence-electron chi connectivity index (χ0n) is 13.2. The average molecular weight is 331 g/mol. The van der Waals surface area contributed by atoms with E-state index >= 15 is 0 Å². The quantitative estimate of drug-likeness (QED) is 0.937. The molecule has 2 heterocycles. The molecule has 1 N–H and O–H groups in total. The number of amides is 1. The lowest BCUT2D eigenvalue weighted by molar-refractivity contribution is 0.0908. The number of carbonyl (C=O) groups excluding carboxylic acids is 1. The lowest BCUT2D eigenvalue weighted by atomic mass is 10.0. The molecule has 0 atom stereocenters. The highest BCUT2D eigenvalue weighted by Gasteiger charge is 2.21. The molecule has 0 bridgehead atoms. The van der Waals surface area contributed by atoms with Gasteiger partial charge < -0.3 is 5.32 Å². The fourth-order valence-corrected chi connectivity index (χ4v) is 2.90. The number of nitrogens with one attached hydrogen (secondary N) is 1. The maximum Gasteiger partial charge on any atom is 0.251 e. The van der Waals surface area contributed by atoms with Crippen molar-refractivity contribution in [2.24, 2.45) is 0 Å². The Labute approximate surface area is 139 Å². The van der Waals surface area contributed by atoms with E-state index in [1.807, 2.05) is 0 Å². The third kappa shape index (κ3) is 4.14. The number of nitrogens with zero attached hydrogens (tertiary/aromatic N) is 2. The van der Waals surface area contributed by atoms with Gasteiger partial charge in [0.15, 0.2) is 0 Å². The van der Waals surface area contributed by atoms with Crippen molar-refractivity contribution in [3.8, 4) is 0 Å². The van der Waals surface area contributed by atoms with Crippen LogP contribution in [0.1, 0.15) is 28.8 Å². The van der Waals surface area contributed by atoms with Gasteiger partial charge in [0.1, 0.15) is 11.6 Å². The first kappa shape index (κ1) is 16.5. The molecule has 0 unspecified atom stereocenters. The van der Waals surface area contributed by atoms with Crippen LogP contribution < -0.4 is 5.32 Å². The highest BCUT2D eigenvalue weighted by molar-refractivity contribution is 5.94. The maximum absolute atomic E-state index is 13.7. The number of piperidine rings is 1. The van der Waals surface area contributed by atoms with E-state index in [1.165, 1.54) is 12.1 Å². The van der Waals surface area contributed by atoms with Crippen molar-refractivity contribution in [1.29, 1.82) is 0 Å². The van der Waals surface area contributed by atoms with Gasteiger partial charge in [-0.1, -0.05) is 6.07 Å². The van der Waals surface area contributed by atoms with Crippen molar-refractivity contribution in [2.75, 3.05) is 13.1 Å². The Morgan fingerprint density at radius 2 is 1.88 bits per heavy atom. The van der Waals surface area contributed by atoms with Gasteiger partial charge in [-0.2, -0.15) is 0 Å². The summed E-state index contributed by atoms with van der Waals surface area (Å²) in [4.78, 5) is 18.1. The summed E-state index contributed by atoms with van der Waals surface area (Å²) in [5, 5.41) is 3.02. The fourth-order valence-electron chi connectivity index (χ4n) is 2.90. The van der Waals surface area contributed by atoms with Crippen molar-refractivity contribution in [2.45, 2.75) is 25.4 Å². The van der Waals surface area contributed by atoms with E-state index in [9.17, 15) is 13.6 Å². The van der Waals surface area contributed by atoms with Crippen LogP contribution in [0.25, 0.3) is 0 Å². The summed E-state index contributed by atoms with van der Waals surface area (Å²) >= 11 is 0. The van der Waals surface area contributed by atoms with Gasteiger partial charge in [-0.3, -0.25) is 14.7 Å². The summed E-state index contributed by atoms with van der Waals surface area (Å²) < 4.78 is 26.7. The SMILES string of the molecule is O=C(NC1CCN(Cc2ccc(F)cc2F)CC1)c1ccncc1. The predicted molar refractivity (Wildman–Crippen MR) is 86.4 cm³/mol. The Kier molecular flexibility index (Phi) is 5.15. The molecule has 0 spiro atoms. The number of carbonyl (C=O) groups is 1. The van der Waals surface area contributed by atoms with Gasteiger partial charge in [0, 0.05) is 55.3 Å². The molecule has 3 rings (SSSR count). The number of rotatable bonds is 4. The maximum atomic E-state index is 13.7. The fraction of sp³-hybridized carbons (Fsp3) is 0.333. The van der Waals surface area contributed by atoms with Crippen LogP contribution in [0.3, 0.4) is 0 Å². The Morgan fingerprint density at radius 3 is 2.54 bits per heavy atom. The monoisotopic (exact) mass is 331 g/mol. The highest BCUT2D eigenvalue weighted by atomic mass is 19.1. The minimum Gasteiger partial charge on any atom is -0.349 e. The highest BCUT2D eigenvalue weighted by Crippen LogP contribution is 2.17. The van der Waals surface area contributed by atoms with Crippen LogP contribution in [-0.4, -0.2) is 34.9 Å². The minimum absolute atomic E-state index is 0.0968. The third-order valence-corrected chi connectivity index (χ3v) is 4.27. The standard InChI is InChI=1S/C18H19F2N3O/c19-15-2-1-14(17(20)11-15)12-23-9-5-16(6-10-23)22-18(24)13-3-7-21-8-4-13/h1-4,7-8,11,16H,5-6,9-10,12H2,(H,22,24). The van der Waals surface area contributed by atoms with E-state index < -0.39 is 11.6 Å². The van der Waals surface area contributed by atoms with E-state index in [1.54, 1.807) is 24.5 Å². The first-order chi connectivity index (χ1) is 11.6. The van der Waals surface area contributed by atoms with E-state index in [2.05, 4.69) is 15.2 Å². The molecule has 1 amide bonds. The topological polar surface area (TPSA) is 45.2 Å². The summed E-state index contributed by atoms with van der Waals surface area (Å²) in [5.74, 6) is -1.17. The number of likely N-dealkylation sites (tertiary alicyclic amines) is 1. The summed E-state index contributed by atoms with van der Waals surface area (Å²) in [5.41, 5.74) is 1.09. The molecular formula is C18H19F2N3O. The second kappa shape index (κ2) is 7.49. The molecule has 2 aromatic rings. The second-order valence-electron chi connectivity index (χ2n) is 6.00. The molecule has 6 heteroatoms. The van der Waals surface area contributed by atoms with Gasteiger partial charge in [-0.25, -0.2) is 8.78 Å². The van der Waals surface area contributed by atoms with Crippen molar-refractivity contribution in [3.63, 3.8) is 0 Å². The molecule has 1 aliphatic heterocycles. The molecule has 126 valence electrons. The summed E-state index contributed by atoms with van der Waals surface area (Å²) in [7, 11) is 0. The smallest absolute Gasteiger partial charge is 0.251 e. The molecule has 1 saturated heterocycles. The number of hydrogen-bond acceptors (Lipinski definition) is 3. The van der Waals surface area contributed by atoms with Crippen molar-refractivity contribution < 1.29 is 13.6 Å². The van der Waals surface area contributed by atoms with Gasteiger partial charge in [-0.15, -0.1) is 0 Å². The molecule has 0 radical (unpaired) electrons. The largest absolute Gasteiger partial charge is 0.349 e. The van der Waals surface area contributed by atoms with E-state index in [4.69, 9.17) is 0 Å². The number of benzene rings is 1. The summed E-state index contributed by atoms with van der Waals surface area (Å²) in [6.45, 7) is 1.98. The zero-order valence-corrected chi connectivity index (χ0v) is 13.2. The molecule has 1 aromatic carbocycles. The van der Waals surface area contributed by atoms with Crippen LogP contribution in [0.4, 0.5) is 8.78 Å². The summed E-state index contributed by atoms with van der Waals surface area (Å²) in [6, 6.07) is 7.16.